The number of fused-ring (bicyclic) bond motifs is 1. The fourth-order valence-corrected chi connectivity index (χ4v) is 2.12. The molecule has 0 aliphatic carbocycles. The topological polar surface area (TPSA) is 70.1 Å². The van der Waals surface area contributed by atoms with E-state index in [1.54, 1.807) is 24.7 Å². The van der Waals surface area contributed by atoms with Crippen molar-refractivity contribution in [3.05, 3.63) is 23.1 Å². The lowest BCUT2D eigenvalue weighted by Gasteiger charge is -2.04. The quantitative estimate of drug-likeness (QED) is 0.831. The van der Waals surface area contributed by atoms with Crippen molar-refractivity contribution >= 4 is 34.2 Å². The smallest absolute Gasteiger partial charge is 0.357 e. The molecule has 2 aromatic heterocycles. The first kappa shape index (κ1) is 11.7. The summed E-state index contributed by atoms with van der Waals surface area (Å²) in [4.78, 5) is 15.7. The van der Waals surface area contributed by atoms with Crippen LogP contribution in [0.25, 0.3) is 10.9 Å². The first-order valence-electron chi connectivity index (χ1n) is 5.12. The molecule has 2 heterocycles. The summed E-state index contributed by atoms with van der Waals surface area (Å²) >= 11 is 6.04. The molecule has 17 heavy (non-hydrogen) atoms. The van der Waals surface area contributed by atoms with E-state index in [9.17, 15) is 4.79 Å². The second-order valence-electron chi connectivity index (χ2n) is 3.56. The van der Waals surface area contributed by atoms with Crippen LogP contribution < -0.4 is 5.73 Å². The maximum Gasteiger partial charge on any atom is 0.357 e. The van der Waals surface area contributed by atoms with Gasteiger partial charge in [-0.25, -0.2) is 4.79 Å². The number of pyridine rings is 1. The number of ether oxygens (including phenoxy) is 1. The molecule has 5 nitrogen and oxygen atoms in total. The van der Waals surface area contributed by atoms with Gasteiger partial charge in [-0.2, -0.15) is 0 Å². The van der Waals surface area contributed by atoms with E-state index in [4.69, 9.17) is 22.1 Å². The van der Waals surface area contributed by atoms with E-state index in [1.165, 1.54) is 6.20 Å². The molecule has 0 aliphatic heterocycles. The van der Waals surface area contributed by atoms with E-state index in [0.29, 0.717) is 33.9 Å². The van der Waals surface area contributed by atoms with E-state index >= 15 is 0 Å². The van der Waals surface area contributed by atoms with Crippen LogP contribution in [0.2, 0.25) is 5.02 Å². The number of esters is 1. The average molecular weight is 254 g/mol. The number of nitrogen functional groups attached to an aromatic ring is 1. The molecule has 0 unspecified atom stereocenters. The molecule has 0 bridgehead atoms. The highest BCUT2D eigenvalue weighted by Crippen LogP contribution is 2.31. The third-order valence-electron chi connectivity index (χ3n) is 2.56. The van der Waals surface area contributed by atoms with Crippen LogP contribution in [-0.2, 0) is 11.8 Å². The lowest BCUT2D eigenvalue weighted by atomic mass is 10.3. The van der Waals surface area contributed by atoms with Gasteiger partial charge in [0.1, 0.15) is 0 Å². The van der Waals surface area contributed by atoms with Crippen molar-refractivity contribution in [3.8, 4) is 0 Å². The number of nitrogens with zero attached hydrogens (tertiary/aromatic N) is 2. The summed E-state index contributed by atoms with van der Waals surface area (Å²) in [5, 5.41) is 1.11. The van der Waals surface area contributed by atoms with Crippen LogP contribution in [0.1, 0.15) is 17.4 Å². The number of carbonyl (C=O) groups is 1. The number of rotatable bonds is 2. The SMILES string of the molecule is CCOC(=O)c1c(N)c2cncc(Cl)c2n1C. The molecule has 90 valence electrons. The van der Waals surface area contributed by atoms with Crippen LogP contribution in [-0.4, -0.2) is 22.1 Å². The Labute approximate surface area is 103 Å². The summed E-state index contributed by atoms with van der Waals surface area (Å²) in [5.41, 5.74) is 7.25. The van der Waals surface area contributed by atoms with E-state index in [1.807, 2.05) is 0 Å². The molecule has 2 aromatic rings. The van der Waals surface area contributed by atoms with Gasteiger partial charge in [0.15, 0.2) is 5.69 Å². The Morgan fingerprint density at radius 3 is 2.88 bits per heavy atom. The van der Waals surface area contributed by atoms with Crippen LogP contribution in [0.3, 0.4) is 0 Å². The molecule has 0 atom stereocenters. The molecule has 2 rings (SSSR count). The summed E-state index contributed by atoms with van der Waals surface area (Å²) in [7, 11) is 1.72. The first-order chi connectivity index (χ1) is 8.07. The number of anilines is 1. The molecule has 0 aliphatic rings. The summed E-state index contributed by atoms with van der Waals surface area (Å²) in [5.74, 6) is -0.459. The highest BCUT2D eigenvalue weighted by molar-refractivity contribution is 6.35. The number of hydrogen-bond donors (Lipinski definition) is 1. The third-order valence-corrected chi connectivity index (χ3v) is 2.83. The van der Waals surface area contributed by atoms with Gasteiger partial charge < -0.3 is 15.0 Å². The number of hydrogen-bond acceptors (Lipinski definition) is 4. The first-order valence-corrected chi connectivity index (χ1v) is 5.50. The van der Waals surface area contributed by atoms with Crippen molar-refractivity contribution in [2.24, 2.45) is 7.05 Å². The summed E-state index contributed by atoms with van der Waals surface area (Å²) in [6.07, 6.45) is 3.09. The van der Waals surface area contributed by atoms with Gasteiger partial charge in [-0.3, -0.25) is 4.98 Å². The summed E-state index contributed by atoms with van der Waals surface area (Å²) in [6.45, 7) is 2.04. The molecule has 0 saturated carbocycles. The Kier molecular flexibility index (Phi) is 2.93. The number of aromatic nitrogens is 2. The second kappa shape index (κ2) is 4.25. The van der Waals surface area contributed by atoms with Crippen molar-refractivity contribution in [2.45, 2.75) is 6.92 Å². The summed E-state index contributed by atoms with van der Waals surface area (Å²) < 4.78 is 6.59. The highest BCUT2D eigenvalue weighted by atomic mass is 35.5. The predicted molar refractivity (Wildman–Crippen MR) is 66.1 cm³/mol. The lowest BCUT2D eigenvalue weighted by Crippen LogP contribution is -2.11. The van der Waals surface area contributed by atoms with E-state index in [0.717, 1.165) is 0 Å². The Morgan fingerprint density at radius 1 is 1.59 bits per heavy atom. The summed E-state index contributed by atoms with van der Waals surface area (Å²) in [6, 6.07) is 0. The molecule has 0 amide bonds. The van der Waals surface area contributed by atoms with Gasteiger partial charge in [-0.05, 0) is 6.92 Å². The van der Waals surface area contributed by atoms with Gasteiger partial charge in [-0.15, -0.1) is 0 Å². The molecule has 0 fully saturated rings. The molecule has 0 radical (unpaired) electrons. The van der Waals surface area contributed by atoms with E-state index < -0.39 is 5.97 Å². The largest absolute Gasteiger partial charge is 0.461 e. The minimum Gasteiger partial charge on any atom is -0.461 e. The molecule has 0 spiro atoms. The molecular weight excluding hydrogens is 242 g/mol. The normalized spacial score (nSPS) is 10.8. The van der Waals surface area contributed by atoms with Crippen molar-refractivity contribution in [1.29, 1.82) is 0 Å². The molecule has 0 aromatic carbocycles. The Balaban J connectivity index is 2.73. The standard InChI is InChI=1S/C11H12ClN3O2/c1-3-17-11(16)10-8(13)6-4-14-5-7(12)9(6)15(10)2/h4-5H,3,13H2,1-2H3. The van der Waals surface area contributed by atoms with Gasteiger partial charge in [0.05, 0.1) is 22.8 Å². The maximum absolute atomic E-state index is 11.8. The predicted octanol–water partition coefficient (Wildman–Crippen LogP) is 1.99. The minimum atomic E-state index is -0.459. The van der Waals surface area contributed by atoms with Gasteiger partial charge in [0.25, 0.3) is 0 Å². The maximum atomic E-state index is 11.8. The number of halogens is 1. The third kappa shape index (κ3) is 1.72. The fraction of sp³-hybridized carbons (Fsp3) is 0.273. The average Bonchev–Trinajstić information content (AvgIpc) is 2.53. The molecule has 2 N–H and O–H groups in total. The van der Waals surface area contributed by atoms with Crippen molar-refractivity contribution in [1.82, 2.24) is 9.55 Å². The van der Waals surface area contributed by atoms with Gasteiger partial charge in [-0.1, -0.05) is 11.6 Å². The lowest BCUT2D eigenvalue weighted by molar-refractivity contribution is 0.0517. The van der Waals surface area contributed by atoms with E-state index in [2.05, 4.69) is 4.98 Å². The Hall–Kier alpha value is -1.75. The number of aryl methyl sites for hydroxylation is 1. The second-order valence-corrected chi connectivity index (χ2v) is 3.97. The number of nitrogens with two attached hydrogens (primary N) is 1. The van der Waals surface area contributed by atoms with Crippen molar-refractivity contribution in [3.63, 3.8) is 0 Å². The van der Waals surface area contributed by atoms with Crippen LogP contribution in [0.5, 0.6) is 0 Å². The Morgan fingerprint density at radius 2 is 2.29 bits per heavy atom. The van der Waals surface area contributed by atoms with Crippen LogP contribution in [0.15, 0.2) is 12.4 Å². The van der Waals surface area contributed by atoms with Gasteiger partial charge >= 0.3 is 5.97 Å². The van der Waals surface area contributed by atoms with Crippen LogP contribution >= 0.6 is 11.6 Å². The van der Waals surface area contributed by atoms with Crippen LogP contribution in [0, 0.1) is 0 Å². The highest BCUT2D eigenvalue weighted by Gasteiger charge is 2.21. The van der Waals surface area contributed by atoms with Crippen molar-refractivity contribution in [2.75, 3.05) is 12.3 Å². The fourth-order valence-electron chi connectivity index (χ4n) is 1.83. The monoisotopic (exact) mass is 253 g/mol. The van der Waals surface area contributed by atoms with E-state index in [-0.39, 0.29) is 0 Å². The van der Waals surface area contributed by atoms with Gasteiger partial charge in [0, 0.05) is 24.8 Å². The molecule has 0 saturated heterocycles. The zero-order chi connectivity index (χ0) is 12.6. The zero-order valence-corrected chi connectivity index (χ0v) is 10.3. The molecule has 6 heteroatoms. The molecular formula is C11H12ClN3O2. The van der Waals surface area contributed by atoms with Crippen molar-refractivity contribution < 1.29 is 9.53 Å². The number of carbonyl (C=O) groups excluding carboxylic acids is 1. The van der Waals surface area contributed by atoms with Gasteiger partial charge in [0.2, 0.25) is 0 Å². The van der Waals surface area contributed by atoms with Crippen LogP contribution in [0.4, 0.5) is 5.69 Å². The minimum absolute atomic E-state index is 0.297. The Bertz CT molecular complexity index is 592. The zero-order valence-electron chi connectivity index (χ0n) is 9.53.